The largest absolute Gasteiger partial charge is 0.448 e. The van der Waals surface area contributed by atoms with E-state index in [0.717, 1.165) is 0 Å². The van der Waals surface area contributed by atoms with Crippen molar-refractivity contribution in [1.82, 2.24) is 0 Å². The van der Waals surface area contributed by atoms with Gasteiger partial charge >= 0.3 is 0 Å². The lowest BCUT2D eigenvalue weighted by atomic mass is 10.6. The highest BCUT2D eigenvalue weighted by molar-refractivity contribution is 6.25. The smallest absolute Gasteiger partial charge is 0.176 e. The first kappa shape index (κ1) is 4.65. The molecule has 0 N–H and O–H groups in total. The maximum Gasteiger partial charge on any atom is 0.176 e. The van der Waals surface area contributed by atoms with Gasteiger partial charge in [-0.15, -0.1) is 0 Å². The third-order valence-corrected chi connectivity index (χ3v) is 0.891. The second-order valence-corrected chi connectivity index (χ2v) is 1.36. The molecule has 0 aromatic heterocycles. The molecule has 1 aliphatic heterocycles. The number of rotatable bonds is 0. The maximum absolute atomic E-state index is 5.24. The molecule has 0 fully saturated rings. The zero-order valence-corrected chi connectivity index (χ0v) is 4.35. The summed E-state index contributed by atoms with van der Waals surface area (Å²) in [6.07, 6.45) is 1.38. The number of halogens is 1. The van der Waals surface area contributed by atoms with Crippen molar-refractivity contribution in [2.24, 2.45) is 4.99 Å². The Kier molecular flexibility index (Phi) is 1.32. The molecule has 0 aliphatic carbocycles. The lowest BCUT2D eigenvalue weighted by molar-refractivity contribution is 0.457. The van der Waals surface area contributed by atoms with Crippen LogP contribution in [-0.2, 0) is 4.74 Å². The average molecular weight is 118 g/mol. The average Bonchev–Trinajstić information content (AvgIpc) is 2.14. The Morgan fingerprint density at radius 2 is 2.86 bits per heavy atom. The second-order valence-electron chi connectivity index (χ2n) is 1.14. The Bertz CT molecular complexity index is 109. The van der Waals surface area contributed by atoms with Crippen molar-refractivity contribution >= 4 is 18.0 Å². The van der Waals surface area contributed by atoms with E-state index in [1.165, 1.54) is 11.9 Å². The molecule has 2 nitrogen and oxygen atoms in total. The number of hydrogen-bond acceptors (Lipinski definition) is 2. The Morgan fingerprint density at radius 1 is 2.00 bits per heavy atom. The summed E-state index contributed by atoms with van der Waals surface area (Å²) in [5, 5.41) is 0. The van der Waals surface area contributed by atoms with Crippen molar-refractivity contribution in [3.63, 3.8) is 0 Å². The van der Waals surface area contributed by atoms with E-state index in [4.69, 9.17) is 16.3 Å². The van der Waals surface area contributed by atoms with Gasteiger partial charge in [-0.2, -0.15) is 0 Å². The van der Waals surface area contributed by atoms with Gasteiger partial charge in [0.05, 0.1) is 0 Å². The van der Waals surface area contributed by atoms with Crippen LogP contribution in [0.4, 0.5) is 0 Å². The molecule has 7 heavy (non-hydrogen) atoms. The Hall–Kier alpha value is -0.500. The van der Waals surface area contributed by atoms with E-state index in [-0.39, 0.29) is 0 Å². The summed E-state index contributed by atoms with van der Waals surface area (Å²) in [6.45, 7) is 0.587. The highest BCUT2D eigenvalue weighted by atomic mass is 35.5. The fraction of sp³-hybridized carbons (Fsp3) is 0.250. The van der Waals surface area contributed by atoms with E-state index in [0.29, 0.717) is 12.3 Å². The normalized spacial score (nSPS) is 23.3. The van der Waals surface area contributed by atoms with Gasteiger partial charge in [-0.05, 0) is 0 Å². The van der Waals surface area contributed by atoms with Crippen LogP contribution in [0.2, 0.25) is 0 Å². The summed E-state index contributed by atoms with van der Waals surface area (Å²) >= 11 is 5.24. The highest BCUT2D eigenvalue weighted by Gasteiger charge is 1.98. The first-order chi connectivity index (χ1) is 3.43. The second kappa shape index (κ2) is 1.98. The summed E-state index contributed by atoms with van der Waals surface area (Å²) in [4.78, 5) is 3.74. The number of hydrogen-bond donors (Lipinski definition) is 0. The van der Waals surface area contributed by atoms with E-state index in [1.807, 2.05) is 0 Å². The van der Waals surface area contributed by atoms with E-state index < -0.39 is 0 Å². The Morgan fingerprint density at radius 3 is 3.14 bits per heavy atom. The SMILES string of the molecule is ClC=C1CN=CO1. The van der Waals surface area contributed by atoms with E-state index in [1.54, 1.807) is 0 Å². The Balaban J connectivity index is 2.51. The monoisotopic (exact) mass is 117 g/mol. The van der Waals surface area contributed by atoms with Gasteiger partial charge in [0.25, 0.3) is 0 Å². The zero-order chi connectivity index (χ0) is 5.11. The molecule has 3 heteroatoms. The molecule has 0 atom stereocenters. The van der Waals surface area contributed by atoms with Gasteiger partial charge in [-0.3, -0.25) is 4.99 Å². The lowest BCUT2D eigenvalue weighted by Gasteiger charge is -1.86. The summed E-state index contributed by atoms with van der Waals surface area (Å²) < 4.78 is 4.74. The molecule has 0 saturated carbocycles. The van der Waals surface area contributed by atoms with Gasteiger partial charge in [-0.25, -0.2) is 0 Å². The van der Waals surface area contributed by atoms with Gasteiger partial charge in [0.2, 0.25) is 0 Å². The quantitative estimate of drug-likeness (QED) is 0.466. The maximum atomic E-state index is 5.24. The van der Waals surface area contributed by atoms with Gasteiger partial charge in [0.1, 0.15) is 12.3 Å². The number of ether oxygens (including phenoxy) is 1. The molecule has 0 radical (unpaired) electrons. The minimum atomic E-state index is 0.587. The topological polar surface area (TPSA) is 21.6 Å². The first-order valence-electron chi connectivity index (χ1n) is 1.87. The number of nitrogens with zero attached hydrogens (tertiary/aromatic N) is 1. The molecule has 0 bridgehead atoms. The molecule has 0 spiro atoms. The van der Waals surface area contributed by atoms with Crippen LogP contribution in [0.25, 0.3) is 0 Å². The van der Waals surface area contributed by atoms with Gasteiger partial charge in [0, 0.05) is 5.54 Å². The first-order valence-corrected chi connectivity index (χ1v) is 2.31. The predicted molar refractivity (Wildman–Crippen MR) is 28.4 cm³/mol. The molecule has 0 aromatic rings. The van der Waals surface area contributed by atoms with Crippen molar-refractivity contribution in [1.29, 1.82) is 0 Å². The fourth-order valence-electron chi connectivity index (χ4n) is 0.330. The molecule has 1 heterocycles. The van der Waals surface area contributed by atoms with E-state index in [9.17, 15) is 0 Å². The van der Waals surface area contributed by atoms with Crippen LogP contribution in [0.5, 0.6) is 0 Å². The minimum Gasteiger partial charge on any atom is -0.448 e. The van der Waals surface area contributed by atoms with Crippen LogP contribution in [0.3, 0.4) is 0 Å². The predicted octanol–water partition coefficient (Wildman–Crippen LogP) is 1.13. The molecule has 38 valence electrons. The van der Waals surface area contributed by atoms with Crippen LogP contribution in [0.1, 0.15) is 0 Å². The molecule has 0 amide bonds. The molecule has 1 aliphatic rings. The molecule has 0 unspecified atom stereocenters. The zero-order valence-electron chi connectivity index (χ0n) is 3.60. The molecule has 1 rings (SSSR count). The van der Waals surface area contributed by atoms with Crippen molar-refractivity contribution in [2.45, 2.75) is 0 Å². The third-order valence-electron chi connectivity index (χ3n) is 0.647. The van der Waals surface area contributed by atoms with Crippen molar-refractivity contribution in [3.8, 4) is 0 Å². The van der Waals surface area contributed by atoms with Crippen molar-refractivity contribution in [2.75, 3.05) is 6.54 Å². The fourth-order valence-corrected chi connectivity index (χ4v) is 0.450. The van der Waals surface area contributed by atoms with E-state index in [2.05, 4.69) is 4.99 Å². The lowest BCUT2D eigenvalue weighted by Crippen LogP contribution is -1.79. The summed E-state index contributed by atoms with van der Waals surface area (Å²) in [6, 6.07) is 0. The molecule has 0 saturated heterocycles. The number of aliphatic imine (C=N–C) groups is 1. The van der Waals surface area contributed by atoms with Crippen molar-refractivity contribution in [3.05, 3.63) is 11.3 Å². The van der Waals surface area contributed by atoms with Crippen LogP contribution >= 0.6 is 11.6 Å². The standard InChI is InChI=1S/C4H4ClNO/c5-1-4-2-6-3-7-4/h1,3H,2H2. The van der Waals surface area contributed by atoms with Crippen molar-refractivity contribution < 1.29 is 4.74 Å². The van der Waals surface area contributed by atoms with Gasteiger partial charge < -0.3 is 4.74 Å². The van der Waals surface area contributed by atoms with E-state index >= 15 is 0 Å². The summed E-state index contributed by atoms with van der Waals surface area (Å²) in [5.41, 5.74) is 1.38. The van der Waals surface area contributed by atoms with Crippen LogP contribution in [-0.4, -0.2) is 12.9 Å². The molecule has 0 aromatic carbocycles. The van der Waals surface area contributed by atoms with Crippen LogP contribution in [0, 0.1) is 0 Å². The molecular formula is C4H4ClNO. The van der Waals surface area contributed by atoms with Gasteiger partial charge in [-0.1, -0.05) is 11.6 Å². The Labute approximate surface area is 46.5 Å². The summed E-state index contributed by atoms with van der Waals surface area (Å²) in [5.74, 6) is 0.710. The van der Waals surface area contributed by atoms with Crippen LogP contribution < -0.4 is 0 Å². The minimum absolute atomic E-state index is 0.587. The molecular weight excluding hydrogens is 114 g/mol. The highest BCUT2D eigenvalue weighted by Crippen LogP contribution is 2.02. The third kappa shape index (κ3) is 0.933. The van der Waals surface area contributed by atoms with Gasteiger partial charge in [0.15, 0.2) is 6.40 Å². The summed E-state index contributed by atoms with van der Waals surface area (Å²) in [7, 11) is 0. The van der Waals surface area contributed by atoms with Crippen LogP contribution in [0.15, 0.2) is 16.3 Å².